The van der Waals surface area contributed by atoms with Gasteiger partial charge < -0.3 is 9.67 Å². The lowest BCUT2D eigenvalue weighted by molar-refractivity contribution is 0.0787. The van der Waals surface area contributed by atoms with Crippen LogP contribution in [0.1, 0.15) is 25.1 Å². The van der Waals surface area contributed by atoms with Crippen LogP contribution < -0.4 is 0 Å². The summed E-state index contributed by atoms with van der Waals surface area (Å²) in [5.41, 5.74) is 2.59. The molecule has 1 heterocycles. The minimum absolute atomic E-state index is 0.771. The van der Waals surface area contributed by atoms with Crippen LogP contribution in [-0.4, -0.2) is 9.67 Å². The van der Waals surface area contributed by atoms with Crippen LogP contribution in [0.5, 0.6) is 0 Å². The summed E-state index contributed by atoms with van der Waals surface area (Å²) in [6.45, 7) is 5.71. The van der Waals surface area contributed by atoms with E-state index in [2.05, 4.69) is 29.7 Å². The highest BCUT2D eigenvalue weighted by Gasteiger charge is 2.16. The molecule has 0 unspecified atom stereocenters. The molecule has 0 fully saturated rings. The van der Waals surface area contributed by atoms with Crippen molar-refractivity contribution >= 4 is 10.9 Å². The number of nitrogens with zero attached hydrogens (tertiary/aromatic N) is 1. The van der Waals surface area contributed by atoms with Gasteiger partial charge >= 0.3 is 0 Å². The van der Waals surface area contributed by atoms with Gasteiger partial charge in [0.1, 0.15) is 0 Å². The molecular weight excluding hydrogens is 186 g/mol. The molecule has 15 heavy (non-hydrogen) atoms. The van der Waals surface area contributed by atoms with E-state index in [1.54, 1.807) is 0 Å². The third-order valence-electron chi connectivity index (χ3n) is 2.99. The van der Waals surface area contributed by atoms with Crippen LogP contribution in [0.4, 0.5) is 0 Å². The predicted octanol–water partition coefficient (Wildman–Crippen LogP) is 2.71. The molecule has 0 bridgehead atoms. The number of aliphatic hydroxyl groups is 1. The van der Waals surface area contributed by atoms with Crippen LogP contribution in [-0.2, 0) is 12.6 Å². The van der Waals surface area contributed by atoms with Crippen molar-refractivity contribution in [1.82, 2.24) is 4.57 Å². The summed E-state index contributed by atoms with van der Waals surface area (Å²) in [5, 5.41) is 11.2. The zero-order valence-electron chi connectivity index (χ0n) is 9.70. The molecule has 0 saturated carbocycles. The van der Waals surface area contributed by atoms with E-state index < -0.39 is 5.60 Å². The van der Waals surface area contributed by atoms with Crippen molar-refractivity contribution in [1.29, 1.82) is 0 Å². The number of hydrogen-bond acceptors (Lipinski definition) is 1. The highest BCUT2D eigenvalue weighted by molar-refractivity contribution is 5.82. The fraction of sp³-hybridized carbons (Fsp3) is 0.385. The molecule has 0 atom stereocenters. The van der Waals surface area contributed by atoms with Crippen molar-refractivity contribution in [2.75, 3.05) is 0 Å². The minimum Gasteiger partial charge on any atom is -0.386 e. The predicted molar refractivity (Wildman–Crippen MR) is 62.9 cm³/mol. The molecule has 2 rings (SSSR count). The largest absolute Gasteiger partial charge is 0.386 e. The van der Waals surface area contributed by atoms with E-state index >= 15 is 0 Å². The second-order valence-corrected chi connectivity index (χ2v) is 4.68. The van der Waals surface area contributed by atoms with E-state index in [-0.39, 0.29) is 0 Å². The van der Waals surface area contributed by atoms with Gasteiger partial charge in [-0.25, -0.2) is 0 Å². The molecule has 0 radical (unpaired) electrons. The van der Waals surface area contributed by atoms with E-state index in [9.17, 15) is 5.11 Å². The van der Waals surface area contributed by atoms with Crippen molar-refractivity contribution in [3.05, 3.63) is 35.5 Å². The molecule has 1 aromatic carbocycles. The lowest BCUT2D eigenvalue weighted by atomic mass is 9.97. The minimum atomic E-state index is -0.771. The maximum absolute atomic E-state index is 9.94. The third-order valence-corrected chi connectivity index (χ3v) is 2.99. The zero-order valence-corrected chi connectivity index (χ0v) is 9.70. The van der Waals surface area contributed by atoms with E-state index in [4.69, 9.17) is 0 Å². The first-order chi connectivity index (χ1) is 6.89. The van der Waals surface area contributed by atoms with Crippen LogP contribution in [0.2, 0.25) is 0 Å². The van der Waals surface area contributed by atoms with E-state index in [1.807, 2.05) is 27.0 Å². The van der Waals surface area contributed by atoms with E-state index in [0.29, 0.717) is 0 Å². The van der Waals surface area contributed by atoms with Gasteiger partial charge in [0.05, 0.1) is 5.60 Å². The molecule has 0 aliphatic heterocycles. The van der Waals surface area contributed by atoms with Crippen molar-refractivity contribution in [3.8, 4) is 0 Å². The van der Waals surface area contributed by atoms with Crippen molar-refractivity contribution in [3.63, 3.8) is 0 Å². The quantitative estimate of drug-likeness (QED) is 0.757. The normalized spacial score (nSPS) is 12.3. The molecule has 2 aromatic rings. The van der Waals surface area contributed by atoms with Crippen molar-refractivity contribution < 1.29 is 5.11 Å². The molecule has 0 saturated heterocycles. The van der Waals surface area contributed by atoms with Crippen LogP contribution >= 0.6 is 0 Å². The lowest BCUT2D eigenvalue weighted by Gasteiger charge is -2.17. The van der Waals surface area contributed by atoms with Gasteiger partial charge in [-0.3, -0.25) is 0 Å². The Morgan fingerprint density at radius 2 is 1.87 bits per heavy atom. The molecule has 2 nitrogen and oxygen atoms in total. The molecule has 0 aliphatic carbocycles. The second-order valence-electron chi connectivity index (χ2n) is 4.68. The van der Waals surface area contributed by atoms with Crippen LogP contribution in [0.15, 0.2) is 24.3 Å². The fourth-order valence-electron chi connectivity index (χ4n) is 1.85. The Hall–Kier alpha value is -1.28. The average Bonchev–Trinajstić information content (AvgIpc) is 2.41. The summed E-state index contributed by atoms with van der Waals surface area (Å²) in [6, 6.07) is 8.27. The molecule has 1 N–H and O–H groups in total. The summed E-state index contributed by atoms with van der Waals surface area (Å²) in [6.07, 6.45) is 0. The molecule has 2 heteroatoms. The fourth-order valence-corrected chi connectivity index (χ4v) is 1.85. The first-order valence-electron chi connectivity index (χ1n) is 5.18. The number of aromatic nitrogens is 1. The average molecular weight is 203 g/mol. The smallest absolute Gasteiger partial charge is 0.0841 e. The zero-order chi connectivity index (χ0) is 11.2. The molecule has 0 aliphatic rings. The van der Waals surface area contributed by atoms with Gasteiger partial charge in [-0.1, -0.05) is 12.1 Å². The summed E-state index contributed by atoms with van der Waals surface area (Å²) >= 11 is 0. The van der Waals surface area contributed by atoms with Gasteiger partial charge in [0, 0.05) is 18.3 Å². The SMILES string of the molecule is Cc1cc2ccc(C(C)(C)O)cc2n1C. The molecule has 0 spiro atoms. The Morgan fingerprint density at radius 3 is 2.47 bits per heavy atom. The first kappa shape index (κ1) is 10.2. The Balaban J connectivity index is 2.70. The number of fused-ring (bicyclic) bond motifs is 1. The number of rotatable bonds is 1. The summed E-state index contributed by atoms with van der Waals surface area (Å²) < 4.78 is 2.14. The van der Waals surface area contributed by atoms with E-state index in [1.165, 1.54) is 16.6 Å². The highest BCUT2D eigenvalue weighted by atomic mass is 16.3. The summed E-state index contributed by atoms with van der Waals surface area (Å²) in [7, 11) is 2.05. The van der Waals surface area contributed by atoms with Crippen LogP contribution in [0.3, 0.4) is 0 Å². The highest BCUT2D eigenvalue weighted by Crippen LogP contribution is 2.25. The Kier molecular flexibility index (Phi) is 2.12. The number of hydrogen-bond donors (Lipinski definition) is 1. The Morgan fingerprint density at radius 1 is 1.20 bits per heavy atom. The number of aryl methyl sites for hydroxylation is 2. The van der Waals surface area contributed by atoms with Gasteiger partial charge in [-0.2, -0.15) is 0 Å². The standard InChI is InChI=1S/C13H17NO/c1-9-7-10-5-6-11(13(2,3)15)8-12(10)14(9)4/h5-8,15H,1-4H3. The van der Waals surface area contributed by atoms with Gasteiger partial charge in [0.2, 0.25) is 0 Å². The third kappa shape index (κ3) is 1.65. The van der Waals surface area contributed by atoms with Gasteiger partial charge in [0.25, 0.3) is 0 Å². The van der Waals surface area contributed by atoms with Gasteiger partial charge in [-0.15, -0.1) is 0 Å². The lowest BCUT2D eigenvalue weighted by Crippen LogP contribution is -2.15. The van der Waals surface area contributed by atoms with Gasteiger partial charge in [0.15, 0.2) is 0 Å². The van der Waals surface area contributed by atoms with Crippen molar-refractivity contribution in [2.45, 2.75) is 26.4 Å². The first-order valence-corrected chi connectivity index (χ1v) is 5.18. The van der Waals surface area contributed by atoms with Gasteiger partial charge in [-0.05, 0) is 43.9 Å². The topological polar surface area (TPSA) is 25.2 Å². The second kappa shape index (κ2) is 3.11. The number of benzene rings is 1. The Labute approximate surface area is 90.2 Å². The van der Waals surface area contributed by atoms with Crippen LogP contribution in [0, 0.1) is 6.92 Å². The summed E-state index contributed by atoms with van der Waals surface area (Å²) in [5.74, 6) is 0. The van der Waals surface area contributed by atoms with Crippen LogP contribution in [0.25, 0.3) is 10.9 Å². The molecular formula is C13H17NO. The molecule has 80 valence electrons. The maximum atomic E-state index is 9.94. The molecule has 0 amide bonds. The summed E-state index contributed by atoms with van der Waals surface area (Å²) in [4.78, 5) is 0. The Bertz CT molecular complexity index is 503. The monoisotopic (exact) mass is 203 g/mol. The maximum Gasteiger partial charge on any atom is 0.0841 e. The van der Waals surface area contributed by atoms with E-state index in [0.717, 1.165) is 5.56 Å². The molecule has 1 aromatic heterocycles. The van der Waals surface area contributed by atoms with Crippen molar-refractivity contribution in [2.24, 2.45) is 7.05 Å².